The summed E-state index contributed by atoms with van der Waals surface area (Å²) in [4.78, 5) is 26.4. The van der Waals surface area contributed by atoms with E-state index in [1.807, 2.05) is 44.0 Å². The summed E-state index contributed by atoms with van der Waals surface area (Å²) in [5.41, 5.74) is 2.75. The van der Waals surface area contributed by atoms with Gasteiger partial charge in [-0.15, -0.1) is 16.4 Å². The van der Waals surface area contributed by atoms with Gasteiger partial charge < -0.3 is 15.0 Å². The highest BCUT2D eigenvalue weighted by molar-refractivity contribution is 7.19. The van der Waals surface area contributed by atoms with Crippen LogP contribution in [0, 0.1) is 5.92 Å². The molecule has 0 aliphatic heterocycles. The van der Waals surface area contributed by atoms with Gasteiger partial charge in [0, 0.05) is 30.6 Å². The number of likely N-dealkylation sites (N-methyl/N-ethyl adjacent to an activating group) is 1. The summed E-state index contributed by atoms with van der Waals surface area (Å²) in [6.07, 6.45) is 3.99. The van der Waals surface area contributed by atoms with E-state index in [0.29, 0.717) is 6.61 Å². The number of hydrogen-bond acceptors (Lipinski definition) is 9. The zero-order chi connectivity index (χ0) is 23.2. The number of nitrogens with zero attached hydrogens (tertiary/aromatic N) is 5. The normalized spacial score (nSPS) is 16.2. The Hall–Kier alpha value is -2.69. The maximum Gasteiger partial charge on any atom is 0.226 e. The molecule has 8 nitrogen and oxygen atoms in total. The zero-order valence-electron chi connectivity index (χ0n) is 19.1. The Balaban J connectivity index is 1.42. The largest absolute Gasteiger partial charge is 0.382 e. The second kappa shape index (κ2) is 8.58. The minimum Gasteiger partial charge on any atom is -0.382 e. The first kappa shape index (κ1) is 22.1. The molecule has 0 saturated heterocycles. The third-order valence-corrected chi connectivity index (χ3v) is 8.29. The number of nitrogens with one attached hydrogen (secondary N) is 1. The third-order valence-electron chi connectivity index (χ3n) is 6.44. The average molecular weight is 483 g/mol. The maximum absolute atomic E-state index is 13.3. The fraction of sp³-hybridized carbons (Fsp3) is 0.435. The molecule has 0 radical (unpaired) electrons. The maximum atomic E-state index is 13.3. The lowest BCUT2D eigenvalue weighted by Crippen LogP contribution is -2.50. The van der Waals surface area contributed by atoms with E-state index in [2.05, 4.69) is 24.9 Å². The molecular formula is C23H26N6O2S2. The number of fused-ring (bicyclic) bond motifs is 4. The minimum absolute atomic E-state index is 0.0303. The van der Waals surface area contributed by atoms with Crippen molar-refractivity contribution in [3.63, 3.8) is 0 Å². The second-order valence-corrected chi connectivity index (χ2v) is 10.9. The van der Waals surface area contributed by atoms with Gasteiger partial charge in [-0.25, -0.2) is 9.97 Å². The lowest BCUT2D eigenvalue weighted by Gasteiger charge is -2.38. The predicted molar refractivity (Wildman–Crippen MR) is 132 cm³/mol. The number of hydrogen-bond donors (Lipinski definition) is 1. The topological polar surface area (TPSA) is 93.1 Å². The molecule has 1 aliphatic carbocycles. The van der Waals surface area contributed by atoms with Crippen molar-refractivity contribution < 1.29 is 9.53 Å². The van der Waals surface area contributed by atoms with E-state index >= 15 is 0 Å². The van der Waals surface area contributed by atoms with Gasteiger partial charge in [0.25, 0.3) is 0 Å². The first-order valence-corrected chi connectivity index (χ1v) is 12.5. The Morgan fingerprint density at radius 3 is 3.00 bits per heavy atom. The van der Waals surface area contributed by atoms with Gasteiger partial charge in [0.2, 0.25) is 5.91 Å². The van der Waals surface area contributed by atoms with Crippen LogP contribution >= 0.6 is 22.9 Å². The molecule has 172 valence electrons. The van der Waals surface area contributed by atoms with Crippen LogP contribution in [0.4, 0.5) is 11.5 Å². The van der Waals surface area contributed by atoms with Gasteiger partial charge in [-0.3, -0.25) is 4.79 Å². The highest BCUT2D eigenvalue weighted by Crippen LogP contribution is 2.41. The van der Waals surface area contributed by atoms with Crippen molar-refractivity contribution in [1.29, 1.82) is 0 Å². The van der Waals surface area contributed by atoms with Crippen molar-refractivity contribution >= 4 is 60.7 Å². The number of aromatic nitrogens is 4. The summed E-state index contributed by atoms with van der Waals surface area (Å²) >= 11 is 3.05. The molecule has 33 heavy (non-hydrogen) atoms. The van der Waals surface area contributed by atoms with Crippen molar-refractivity contribution in [2.75, 3.05) is 26.1 Å². The van der Waals surface area contributed by atoms with Crippen LogP contribution in [0.1, 0.15) is 30.7 Å². The monoisotopic (exact) mass is 482 g/mol. The SMILES string of the molecule is COCC(C)(C)N(C)C(=O)[C@H]1CCc2c(sc3ncnc(Nc4ccc5nnsc5c4)c23)C1. The smallest absolute Gasteiger partial charge is 0.226 e. The van der Waals surface area contributed by atoms with Gasteiger partial charge in [-0.2, -0.15) is 0 Å². The van der Waals surface area contributed by atoms with Crippen LogP contribution in [0.5, 0.6) is 0 Å². The minimum atomic E-state index is -0.344. The van der Waals surface area contributed by atoms with Crippen molar-refractivity contribution in [2.24, 2.45) is 5.92 Å². The molecule has 5 rings (SSSR count). The van der Waals surface area contributed by atoms with Gasteiger partial charge in [0.1, 0.15) is 22.5 Å². The van der Waals surface area contributed by atoms with E-state index in [4.69, 9.17) is 4.74 Å². The number of thiophene rings is 1. The summed E-state index contributed by atoms with van der Waals surface area (Å²) in [5, 5.41) is 8.64. The lowest BCUT2D eigenvalue weighted by atomic mass is 9.86. The van der Waals surface area contributed by atoms with Crippen LogP contribution in [-0.2, 0) is 22.4 Å². The highest BCUT2D eigenvalue weighted by atomic mass is 32.1. The van der Waals surface area contributed by atoms with Crippen molar-refractivity contribution in [2.45, 2.75) is 38.6 Å². The molecule has 3 aromatic heterocycles. The number of carbonyl (C=O) groups excluding carboxylic acids is 1. The number of methoxy groups -OCH3 is 1. The number of aryl methyl sites for hydroxylation is 1. The van der Waals surface area contributed by atoms with Crippen molar-refractivity contribution in [3.8, 4) is 0 Å². The Labute approximate surface area is 200 Å². The average Bonchev–Trinajstić information content (AvgIpc) is 3.41. The number of carbonyl (C=O) groups is 1. The van der Waals surface area contributed by atoms with E-state index in [1.165, 1.54) is 22.0 Å². The van der Waals surface area contributed by atoms with E-state index in [0.717, 1.165) is 51.2 Å². The standard InChI is InChI=1S/C23H26N6O2S2/c1-23(2,11-31-4)29(3)22(30)13-5-7-15-17(9-13)32-21-19(15)20(24-12-25-21)26-14-6-8-16-18(10-14)33-28-27-16/h6,8,10,12-13H,5,7,9,11H2,1-4H3,(H,24,25,26)/t13-/m0/s1. The van der Waals surface area contributed by atoms with Crippen LogP contribution in [0.2, 0.25) is 0 Å². The van der Waals surface area contributed by atoms with Crippen molar-refractivity contribution in [1.82, 2.24) is 24.5 Å². The van der Waals surface area contributed by atoms with E-state index in [1.54, 1.807) is 24.8 Å². The first-order chi connectivity index (χ1) is 15.9. The van der Waals surface area contributed by atoms with Crippen LogP contribution < -0.4 is 5.32 Å². The lowest BCUT2D eigenvalue weighted by molar-refractivity contribution is -0.141. The van der Waals surface area contributed by atoms with Crippen LogP contribution in [-0.4, -0.2) is 56.7 Å². The number of ether oxygens (including phenoxy) is 1. The summed E-state index contributed by atoms with van der Waals surface area (Å²) in [6.45, 7) is 4.58. The van der Waals surface area contributed by atoms with Crippen LogP contribution in [0.25, 0.3) is 20.4 Å². The summed E-state index contributed by atoms with van der Waals surface area (Å²) in [6, 6.07) is 5.99. The van der Waals surface area contributed by atoms with Gasteiger partial charge in [-0.05, 0) is 68.4 Å². The summed E-state index contributed by atoms with van der Waals surface area (Å²) in [7, 11) is 3.55. The number of rotatable bonds is 6. The predicted octanol–water partition coefficient (Wildman–Crippen LogP) is 4.43. The quantitative estimate of drug-likeness (QED) is 0.435. The molecular weight excluding hydrogens is 456 g/mol. The molecule has 1 N–H and O–H groups in total. The molecule has 1 aromatic carbocycles. The molecule has 0 fully saturated rings. The third kappa shape index (κ3) is 4.07. The Morgan fingerprint density at radius 2 is 2.18 bits per heavy atom. The molecule has 3 heterocycles. The number of amides is 1. The Bertz CT molecular complexity index is 1330. The molecule has 10 heteroatoms. The van der Waals surface area contributed by atoms with E-state index < -0.39 is 0 Å². The summed E-state index contributed by atoms with van der Waals surface area (Å²) in [5.74, 6) is 0.950. The molecule has 0 spiro atoms. The molecule has 0 unspecified atom stereocenters. The first-order valence-electron chi connectivity index (χ1n) is 10.9. The highest BCUT2D eigenvalue weighted by Gasteiger charge is 2.35. The second-order valence-electron chi connectivity index (χ2n) is 9.07. The fourth-order valence-corrected chi connectivity index (χ4v) is 6.30. The van der Waals surface area contributed by atoms with Crippen LogP contribution in [0.3, 0.4) is 0 Å². The molecule has 1 atom stereocenters. The molecule has 1 amide bonds. The van der Waals surface area contributed by atoms with Gasteiger partial charge in [0.15, 0.2) is 0 Å². The van der Waals surface area contributed by atoms with E-state index in [-0.39, 0.29) is 17.4 Å². The Morgan fingerprint density at radius 1 is 1.33 bits per heavy atom. The molecule has 0 bridgehead atoms. The fourth-order valence-electron chi connectivity index (χ4n) is 4.43. The van der Waals surface area contributed by atoms with Crippen LogP contribution in [0.15, 0.2) is 24.5 Å². The Kier molecular flexibility index (Phi) is 5.75. The van der Waals surface area contributed by atoms with Gasteiger partial charge in [-0.1, -0.05) is 4.49 Å². The van der Waals surface area contributed by atoms with E-state index in [9.17, 15) is 4.79 Å². The van der Waals surface area contributed by atoms with Gasteiger partial charge in [0.05, 0.1) is 22.2 Å². The molecule has 0 saturated carbocycles. The summed E-state index contributed by atoms with van der Waals surface area (Å²) < 4.78 is 10.4. The molecule has 4 aromatic rings. The number of benzene rings is 1. The molecule has 1 aliphatic rings. The van der Waals surface area contributed by atoms with Crippen molar-refractivity contribution in [3.05, 3.63) is 35.0 Å². The number of anilines is 2. The van der Waals surface area contributed by atoms with Gasteiger partial charge >= 0.3 is 0 Å². The zero-order valence-corrected chi connectivity index (χ0v) is 20.7.